The van der Waals surface area contributed by atoms with Gasteiger partial charge >= 0.3 is 0 Å². The molecule has 0 unspecified atom stereocenters. The Bertz CT molecular complexity index is 648. The first-order valence-electron chi connectivity index (χ1n) is 8.78. The fourth-order valence-electron chi connectivity index (χ4n) is 3.51. The summed E-state index contributed by atoms with van der Waals surface area (Å²) in [6.07, 6.45) is 10.7. The average Bonchev–Trinajstić information content (AvgIpc) is 2.63. The van der Waals surface area contributed by atoms with E-state index in [1.54, 1.807) is 12.4 Å². The highest BCUT2D eigenvalue weighted by atomic mass is 16.1. The van der Waals surface area contributed by atoms with Crippen molar-refractivity contribution in [1.82, 2.24) is 4.98 Å². The number of aromatic nitrogens is 1. The summed E-state index contributed by atoms with van der Waals surface area (Å²) in [6.45, 7) is 0. The van der Waals surface area contributed by atoms with Crippen LogP contribution in [0.15, 0.2) is 48.8 Å². The summed E-state index contributed by atoms with van der Waals surface area (Å²) in [6, 6.07) is 11.8. The van der Waals surface area contributed by atoms with Gasteiger partial charge in [-0.05, 0) is 47.7 Å². The number of benzene rings is 1. The molecule has 24 heavy (non-hydrogen) atoms. The standard InChI is InChI=1S/C20H25N3O/c21-20(24)19(14-15-4-2-1-3-5-15)23-18-8-6-16(7-9-18)17-10-12-22-13-11-17/h6-13,15,19,23H,1-5,14H2,(H2,21,24)/t19-/m1/s1. The second-order valence-electron chi connectivity index (χ2n) is 6.65. The van der Waals surface area contributed by atoms with Gasteiger partial charge in [-0.2, -0.15) is 0 Å². The molecule has 1 amide bonds. The summed E-state index contributed by atoms with van der Waals surface area (Å²) >= 11 is 0. The molecule has 1 aliphatic carbocycles. The van der Waals surface area contributed by atoms with Crippen molar-refractivity contribution >= 4 is 11.6 Å². The maximum absolute atomic E-state index is 11.8. The summed E-state index contributed by atoms with van der Waals surface area (Å²) in [4.78, 5) is 15.9. The van der Waals surface area contributed by atoms with E-state index in [0.717, 1.165) is 23.2 Å². The fourth-order valence-corrected chi connectivity index (χ4v) is 3.51. The van der Waals surface area contributed by atoms with Crippen LogP contribution in [0.4, 0.5) is 5.69 Å². The Morgan fingerprint density at radius 1 is 1.04 bits per heavy atom. The Morgan fingerprint density at radius 3 is 2.29 bits per heavy atom. The first kappa shape index (κ1) is 16.5. The minimum absolute atomic E-state index is 0.265. The molecular formula is C20H25N3O. The summed E-state index contributed by atoms with van der Waals surface area (Å²) < 4.78 is 0. The van der Waals surface area contributed by atoms with E-state index in [1.807, 2.05) is 24.3 Å². The molecule has 0 aliphatic heterocycles. The summed E-state index contributed by atoms with van der Waals surface area (Å²) in [7, 11) is 0. The molecule has 3 rings (SSSR count). The smallest absolute Gasteiger partial charge is 0.239 e. The Labute approximate surface area is 143 Å². The molecule has 0 spiro atoms. The third kappa shape index (κ3) is 4.34. The molecule has 126 valence electrons. The van der Waals surface area contributed by atoms with Gasteiger partial charge in [-0.15, -0.1) is 0 Å². The van der Waals surface area contributed by atoms with Gasteiger partial charge in [0, 0.05) is 18.1 Å². The summed E-state index contributed by atoms with van der Waals surface area (Å²) in [5, 5.41) is 3.32. The molecule has 1 aliphatic rings. The van der Waals surface area contributed by atoms with Crippen LogP contribution in [-0.2, 0) is 4.79 Å². The number of amides is 1. The van der Waals surface area contributed by atoms with E-state index in [1.165, 1.54) is 32.1 Å². The molecule has 4 nitrogen and oxygen atoms in total. The molecule has 0 bridgehead atoms. The molecule has 1 saturated carbocycles. The van der Waals surface area contributed by atoms with Crippen molar-refractivity contribution in [3.63, 3.8) is 0 Å². The van der Waals surface area contributed by atoms with E-state index in [9.17, 15) is 4.79 Å². The molecule has 0 saturated heterocycles. The van der Waals surface area contributed by atoms with E-state index in [-0.39, 0.29) is 11.9 Å². The van der Waals surface area contributed by atoms with Crippen molar-refractivity contribution in [3.05, 3.63) is 48.8 Å². The number of rotatable bonds is 6. The van der Waals surface area contributed by atoms with Gasteiger partial charge in [-0.1, -0.05) is 44.2 Å². The largest absolute Gasteiger partial charge is 0.374 e. The van der Waals surface area contributed by atoms with E-state index in [0.29, 0.717) is 5.92 Å². The summed E-state index contributed by atoms with van der Waals surface area (Å²) in [5.74, 6) is 0.346. The predicted molar refractivity (Wildman–Crippen MR) is 97.5 cm³/mol. The van der Waals surface area contributed by atoms with Gasteiger partial charge in [-0.25, -0.2) is 0 Å². The number of carbonyl (C=O) groups excluding carboxylic acids is 1. The van der Waals surface area contributed by atoms with Crippen LogP contribution in [0.1, 0.15) is 38.5 Å². The molecule has 4 heteroatoms. The van der Waals surface area contributed by atoms with Crippen LogP contribution in [0.5, 0.6) is 0 Å². The van der Waals surface area contributed by atoms with Gasteiger partial charge in [0.15, 0.2) is 0 Å². The zero-order valence-corrected chi connectivity index (χ0v) is 13.9. The van der Waals surface area contributed by atoms with Crippen molar-refractivity contribution in [2.45, 2.75) is 44.6 Å². The SMILES string of the molecule is NC(=O)[C@@H](CC1CCCCC1)Nc1ccc(-c2ccncc2)cc1. The third-order valence-corrected chi connectivity index (χ3v) is 4.88. The molecule has 2 aromatic rings. The lowest BCUT2D eigenvalue weighted by atomic mass is 9.84. The normalized spacial score (nSPS) is 16.5. The number of nitrogens with two attached hydrogens (primary N) is 1. The van der Waals surface area contributed by atoms with Gasteiger partial charge in [0.25, 0.3) is 0 Å². The summed E-state index contributed by atoms with van der Waals surface area (Å²) in [5.41, 5.74) is 8.81. The molecule has 1 aromatic heterocycles. The molecule has 1 fully saturated rings. The number of anilines is 1. The Hall–Kier alpha value is -2.36. The van der Waals surface area contributed by atoms with Crippen molar-refractivity contribution in [1.29, 1.82) is 0 Å². The lowest BCUT2D eigenvalue weighted by Crippen LogP contribution is -2.37. The number of carbonyl (C=O) groups is 1. The Morgan fingerprint density at radius 2 is 1.67 bits per heavy atom. The minimum Gasteiger partial charge on any atom is -0.374 e. The van der Waals surface area contributed by atoms with Crippen LogP contribution in [0.25, 0.3) is 11.1 Å². The number of primary amides is 1. The lowest BCUT2D eigenvalue weighted by Gasteiger charge is -2.26. The molecule has 1 atom stereocenters. The van der Waals surface area contributed by atoms with Crippen molar-refractivity contribution in [2.24, 2.45) is 11.7 Å². The molecule has 1 aromatic carbocycles. The van der Waals surface area contributed by atoms with Crippen molar-refractivity contribution in [3.8, 4) is 11.1 Å². The average molecular weight is 323 g/mol. The first-order valence-corrected chi connectivity index (χ1v) is 8.78. The molecular weight excluding hydrogens is 298 g/mol. The molecule has 1 heterocycles. The number of nitrogens with one attached hydrogen (secondary N) is 1. The van der Waals surface area contributed by atoms with Gasteiger partial charge < -0.3 is 11.1 Å². The van der Waals surface area contributed by atoms with Crippen LogP contribution in [0.3, 0.4) is 0 Å². The molecule has 0 radical (unpaired) electrons. The Balaban J connectivity index is 1.65. The zero-order valence-electron chi connectivity index (χ0n) is 13.9. The van der Waals surface area contributed by atoms with E-state index in [4.69, 9.17) is 5.73 Å². The van der Waals surface area contributed by atoms with E-state index in [2.05, 4.69) is 22.4 Å². The third-order valence-electron chi connectivity index (χ3n) is 4.88. The van der Waals surface area contributed by atoms with Crippen LogP contribution in [0, 0.1) is 5.92 Å². The maximum atomic E-state index is 11.8. The van der Waals surface area contributed by atoms with Crippen LogP contribution in [-0.4, -0.2) is 16.9 Å². The predicted octanol–water partition coefficient (Wildman–Crippen LogP) is 3.98. The quantitative estimate of drug-likeness (QED) is 0.844. The van der Waals surface area contributed by atoms with Gasteiger partial charge in [0.05, 0.1) is 0 Å². The van der Waals surface area contributed by atoms with Crippen LogP contribution in [0.2, 0.25) is 0 Å². The highest BCUT2D eigenvalue weighted by molar-refractivity contribution is 5.83. The maximum Gasteiger partial charge on any atom is 0.239 e. The van der Waals surface area contributed by atoms with Crippen molar-refractivity contribution < 1.29 is 4.79 Å². The zero-order chi connectivity index (χ0) is 16.8. The van der Waals surface area contributed by atoms with Gasteiger partial charge in [0.2, 0.25) is 5.91 Å². The monoisotopic (exact) mass is 323 g/mol. The number of hydrogen-bond donors (Lipinski definition) is 2. The highest BCUT2D eigenvalue weighted by Gasteiger charge is 2.22. The van der Waals surface area contributed by atoms with Crippen LogP contribution < -0.4 is 11.1 Å². The van der Waals surface area contributed by atoms with E-state index < -0.39 is 0 Å². The molecule has 3 N–H and O–H groups in total. The lowest BCUT2D eigenvalue weighted by molar-refractivity contribution is -0.119. The van der Waals surface area contributed by atoms with Crippen LogP contribution >= 0.6 is 0 Å². The highest BCUT2D eigenvalue weighted by Crippen LogP contribution is 2.28. The first-order chi connectivity index (χ1) is 11.7. The second kappa shape index (κ2) is 7.95. The number of hydrogen-bond acceptors (Lipinski definition) is 3. The topological polar surface area (TPSA) is 68.0 Å². The number of pyridine rings is 1. The Kier molecular flexibility index (Phi) is 5.47. The second-order valence-corrected chi connectivity index (χ2v) is 6.65. The van der Waals surface area contributed by atoms with Crippen molar-refractivity contribution in [2.75, 3.05) is 5.32 Å². The van der Waals surface area contributed by atoms with Gasteiger partial charge in [0.1, 0.15) is 6.04 Å². The minimum atomic E-state index is -0.292. The van der Waals surface area contributed by atoms with E-state index >= 15 is 0 Å². The number of nitrogens with zero attached hydrogens (tertiary/aromatic N) is 1. The van der Waals surface area contributed by atoms with Gasteiger partial charge in [-0.3, -0.25) is 9.78 Å². The fraction of sp³-hybridized carbons (Fsp3) is 0.400.